The first-order chi connectivity index (χ1) is 15.2. The van der Waals surface area contributed by atoms with Crippen LogP contribution in [0.4, 0.5) is 25.0 Å². The fourth-order valence-electron chi connectivity index (χ4n) is 3.31. The van der Waals surface area contributed by atoms with Crippen molar-refractivity contribution in [2.75, 3.05) is 30.3 Å². The van der Waals surface area contributed by atoms with Gasteiger partial charge in [0.2, 0.25) is 15.9 Å². The van der Waals surface area contributed by atoms with Crippen molar-refractivity contribution in [1.29, 1.82) is 0 Å². The number of carbonyl (C=O) groups excluding carboxylic acids is 2. The third-order valence-corrected chi connectivity index (χ3v) is 6.92. The van der Waals surface area contributed by atoms with E-state index in [-0.39, 0.29) is 43.3 Å². The lowest BCUT2D eigenvalue weighted by Gasteiger charge is -2.30. The van der Waals surface area contributed by atoms with Crippen molar-refractivity contribution in [2.45, 2.75) is 24.7 Å². The Morgan fingerprint density at radius 2 is 1.59 bits per heavy atom. The Balaban J connectivity index is 1.55. The molecule has 2 amide bonds. The summed E-state index contributed by atoms with van der Waals surface area (Å²) in [4.78, 5) is 23.7. The molecule has 0 saturated carbocycles. The van der Waals surface area contributed by atoms with Crippen LogP contribution < -0.4 is 10.6 Å². The van der Waals surface area contributed by atoms with E-state index in [1.54, 1.807) is 31.2 Å². The van der Waals surface area contributed by atoms with E-state index in [1.807, 2.05) is 0 Å². The normalized spacial score (nSPS) is 15.2. The molecule has 172 valence electrons. The molecule has 1 saturated heterocycles. The molecule has 2 aromatic carbocycles. The first-order valence-electron chi connectivity index (χ1n) is 10.0. The van der Waals surface area contributed by atoms with Gasteiger partial charge in [0.1, 0.15) is 0 Å². The molecule has 32 heavy (non-hydrogen) atoms. The first-order valence-corrected chi connectivity index (χ1v) is 11.4. The van der Waals surface area contributed by atoms with Crippen molar-refractivity contribution >= 4 is 33.4 Å². The lowest BCUT2D eigenvalue weighted by molar-refractivity contribution is -0.120. The Morgan fingerprint density at radius 3 is 2.16 bits per heavy atom. The predicted octanol–water partition coefficient (Wildman–Crippen LogP) is 3.57. The van der Waals surface area contributed by atoms with Crippen LogP contribution in [0, 0.1) is 17.6 Å². The van der Waals surface area contributed by atoms with E-state index in [1.165, 1.54) is 4.31 Å². The number of nitrogens with zero attached hydrogens (tertiary/aromatic N) is 1. The molecule has 0 radical (unpaired) electrons. The highest BCUT2D eigenvalue weighted by Gasteiger charge is 2.32. The van der Waals surface area contributed by atoms with E-state index in [0.29, 0.717) is 17.4 Å². The Kier molecular flexibility index (Phi) is 7.41. The summed E-state index contributed by atoms with van der Waals surface area (Å²) in [5, 5.41) is 5.32. The third-order valence-electron chi connectivity index (χ3n) is 5.03. The van der Waals surface area contributed by atoms with E-state index < -0.39 is 33.7 Å². The zero-order valence-corrected chi connectivity index (χ0v) is 18.1. The molecule has 0 atom stereocenters. The number of sulfonamides is 1. The maximum atomic E-state index is 13.4. The van der Waals surface area contributed by atoms with E-state index in [4.69, 9.17) is 4.74 Å². The third kappa shape index (κ3) is 5.60. The average molecular weight is 467 g/mol. The van der Waals surface area contributed by atoms with Crippen LogP contribution in [0.3, 0.4) is 0 Å². The number of carbonyl (C=O) groups is 2. The van der Waals surface area contributed by atoms with Gasteiger partial charge in [0.15, 0.2) is 11.6 Å². The Hall–Kier alpha value is -3.05. The van der Waals surface area contributed by atoms with Crippen molar-refractivity contribution < 1.29 is 31.5 Å². The van der Waals surface area contributed by atoms with Gasteiger partial charge in [0, 0.05) is 30.4 Å². The number of nitrogens with one attached hydrogen (secondary N) is 2. The molecule has 0 spiro atoms. The molecule has 1 aliphatic rings. The van der Waals surface area contributed by atoms with Gasteiger partial charge in [-0.2, -0.15) is 4.31 Å². The molecule has 1 fully saturated rings. The molecule has 1 aliphatic heterocycles. The molecule has 0 bridgehead atoms. The number of anilines is 2. The van der Waals surface area contributed by atoms with Gasteiger partial charge in [0.25, 0.3) is 0 Å². The number of amides is 2. The summed E-state index contributed by atoms with van der Waals surface area (Å²) in [6.07, 6.45) is 0.00320. The number of halogens is 2. The Bertz CT molecular complexity index is 1090. The number of rotatable bonds is 6. The van der Waals surface area contributed by atoms with Gasteiger partial charge in [0.05, 0.1) is 11.5 Å². The molecule has 2 N–H and O–H groups in total. The lowest BCUT2D eigenvalue weighted by Crippen LogP contribution is -2.41. The SMILES string of the molecule is CCOC(=O)Nc1ccc(NC(=O)C2CCN(S(=O)(=O)c3ccc(F)c(F)c3)CC2)cc1. The maximum absolute atomic E-state index is 13.4. The van der Waals surface area contributed by atoms with Crippen LogP contribution in [0.1, 0.15) is 19.8 Å². The van der Waals surface area contributed by atoms with E-state index in [2.05, 4.69) is 10.6 Å². The molecule has 3 rings (SSSR count). The highest BCUT2D eigenvalue weighted by molar-refractivity contribution is 7.89. The summed E-state index contributed by atoms with van der Waals surface area (Å²) in [5.41, 5.74) is 1.04. The zero-order valence-electron chi connectivity index (χ0n) is 17.3. The molecular weight excluding hydrogens is 444 g/mol. The van der Waals surface area contributed by atoms with Gasteiger partial charge in [-0.1, -0.05) is 0 Å². The fourth-order valence-corrected chi connectivity index (χ4v) is 4.79. The molecule has 0 aromatic heterocycles. The van der Waals surface area contributed by atoms with Gasteiger partial charge < -0.3 is 10.1 Å². The average Bonchev–Trinajstić information content (AvgIpc) is 2.77. The van der Waals surface area contributed by atoms with Crippen LogP contribution in [0.15, 0.2) is 47.4 Å². The summed E-state index contributed by atoms with van der Waals surface area (Å²) in [6.45, 7) is 2.12. The first kappa shape index (κ1) is 23.6. The molecule has 0 aliphatic carbocycles. The number of hydrogen-bond donors (Lipinski definition) is 2. The summed E-state index contributed by atoms with van der Waals surface area (Å²) in [7, 11) is -3.98. The molecule has 8 nitrogen and oxygen atoms in total. The minimum Gasteiger partial charge on any atom is -0.450 e. The van der Waals surface area contributed by atoms with Crippen molar-refractivity contribution in [3.8, 4) is 0 Å². The molecule has 0 unspecified atom stereocenters. The number of hydrogen-bond acceptors (Lipinski definition) is 5. The molecular formula is C21H23F2N3O5S. The van der Waals surface area contributed by atoms with Gasteiger partial charge in [-0.05, 0) is 62.2 Å². The standard InChI is InChI=1S/C21H23F2N3O5S/c1-2-31-21(28)25-16-5-3-15(4-6-16)24-20(27)14-9-11-26(12-10-14)32(29,30)17-7-8-18(22)19(23)13-17/h3-8,13-14H,2,9-12H2,1H3,(H,24,27)(H,25,28). The second-order valence-corrected chi connectivity index (χ2v) is 9.10. The summed E-state index contributed by atoms with van der Waals surface area (Å²) >= 11 is 0. The van der Waals surface area contributed by atoms with Gasteiger partial charge in [-0.25, -0.2) is 22.0 Å². The van der Waals surface area contributed by atoms with Crippen LogP contribution in [0.25, 0.3) is 0 Å². The minimum absolute atomic E-state index is 0.0851. The summed E-state index contributed by atoms with van der Waals surface area (Å²) in [5.74, 6) is -3.00. The molecule has 1 heterocycles. The molecule has 2 aromatic rings. The monoisotopic (exact) mass is 467 g/mol. The van der Waals surface area contributed by atoms with Crippen LogP contribution in [0.2, 0.25) is 0 Å². The second kappa shape index (κ2) is 10.0. The van der Waals surface area contributed by atoms with Gasteiger partial charge in [-0.15, -0.1) is 0 Å². The van der Waals surface area contributed by atoms with Crippen LogP contribution in [-0.2, 0) is 19.6 Å². The predicted molar refractivity (Wildman–Crippen MR) is 114 cm³/mol. The van der Waals surface area contributed by atoms with E-state index in [9.17, 15) is 26.8 Å². The number of piperidine rings is 1. The van der Waals surface area contributed by atoms with Crippen molar-refractivity contribution in [1.82, 2.24) is 4.31 Å². The van der Waals surface area contributed by atoms with Gasteiger partial charge >= 0.3 is 6.09 Å². The summed E-state index contributed by atoms with van der Waals surface area (Å²) in [6, 6.07) is 8.93. The van der Waals surface area contributed by atoms with E-state index >= 15 is 0 Å². The number of ether oxygens (including phenoxy) is 1. The van der Waals surface area contributed by atoms with Crippen LogP contribution in [-0.4, -0.2) is 44.4 Å². The Labute approximate surface area is 184 Å². The Morgan fingerprint density at radius 1 is 1.00 bits per heavy atom. The smallest absolute Gasteiger partial charge is 0.411 e. The topological polar surface area (TPSA) is 105 Å². The highest BCUT2D eigenvalue weighted by atomic mass is 32.2. The molecule has 11 heteroatoms. The lowest BCUT2D eigenvalue weighted by atomic mass is 9.97. The van der Waals surface area contributed by atoms with E-state index in [0.717, 1.165) is 12.1 Å². The van der Waals surface area contributed by atoms with Crippen molar-refractivity contribution in [3.63, 3.8) is 0 Å². The second-order valence-electron chi connectivity index (χ2n) is 7.17. The zero-order chi connectivity index (χ0) is 23.3. The summed E-state index contributed by atoms with van der Waals surface area (Å²) < 4.78 is 57.8. The fraction of sp³-hybridized carbons (Fsp3) is 0.333. The largest absolute Gasteiger partial charge is 0.450 e. The van der Waals surface area contributed by atoms with Gasteiger partial charge in [-0.3, -0.25) is 10.1 Å². The highest BCUT2D eigenvalue weighted by Crippen LogP contribution is 2.26. The van der Waals surface area contributed by atoms with Crippen molar-refractivity contribution in [3.05, 3.63) is 54.1 Å². The maximum Gasteiger partial charge on any atom is 0.411 e. The minimum atomic E-state index is -3.98. The quantitative estimate of drug-likeness (QED) is 0.676. The van der Waals surface area contributed by atoms with Crippen molar-refractivity contribution in [2.24, 2.45) is 5.92 Å². The number of benzene rings is 2. The van der Waals surface area contributed by atoms with Crippen LogP contribution >= 0.6 is 0 Å². The van der Waals surface area contributed by atoms with Crippen LogP contribution in [0.5, 0.6) is 0 Å².